The van der Waals surface area contributed by atoms with Crippen LogP contribution in [0.25, 0.3) is 64.5 Å². The summed E-state index contributed by atoms with van der Waals surface area (Å²) < 4.78 is 2.67. The van der Waals surface area contributed by atoms with Crippen molar-refractivity contribution in [2.24, 2.45) is 0 Å². The molecule has 8 rings (SSSR count). The molecular formula is C49H38S. The highest BCUT2D eigenvalue weighted by Crippen LogP contribution is 2.54. The van der Waals surface area contributed by atoms with Gasteiger partial charge in [-0.2, -0.15) is 0 Å². The van der Waals surface area contributed by atoms with Crippen LogP contribution >= 0.6 is 11.3 Å². The maximum Gasteiger partial charge on any atom is 0.0437 e. The number of thiophene rings is 1. The van der Waals surface area contributed by atoms with Crippen molar-refractivity contribution in [3.05, 3.63) is 205 Å². The fraction of sp³-hybridized carbons (Fsp3) is 0.0612. The molecule has 1 heterocycles. The maximum atomic E-state index is 4.74. The second-order valence-electron chi connectivity index (χ2n) is 13.6. The molecule has 0 bridgehead atoms. The maximum absolute atomic E-state index is 4.74. The summed E-state index contributed by atoms with van der Waals surface area (Å²) in [6, 6.07) is 47.4. The van der Waals surface area contributed by atoms with E-state index in [1.54, 1.807) is 0 Å². The summed E-state index contributed by atoms with van der Waals surface area (Å²) in [5.74, 6) is 0. The average molecular weight is 659 g/mol. The minimum absolute atomic E-state index is 0.259. The molecule has 0 aliphatic heterocycles. The molecule has 0 N–H and O–H groups in total. The van der Waals surface area contributed by atoms with Gasteiger partial charge in [0, 0.05) is 31.0 Å². The highest BCUT2D eigenvalue weighted by Gasteiger charge is 2.39. The fourth-order valence-corrected chi connectivity index (χ4v) is 9.00. The third-order valence-electron chi connectivity index (χ3n) is 10.4. The zero-order chi connectivity index (χ0) is 34.6. The van der Waals surface area contributed by atoms with Gasteiger partial charge in [0.05, 0.1) is 0 Å². The molecule has 1 aliphatic rings. The van der Waals surface area contributed by atoms with Crippen molar-refractivity contribution in [3.63, 3.8) is 0 Å². The normalized spacial score (nSPS) is 14.3. The monoisotopic (exact) mass is 658 g/mol. The molecule has 0 saturated heterocycles. The van der Waals surface area contributed by atoms with Crippen molar-refractivity contribution >= 4 is 75.8 Å². The van der Waals surface area contributed by atoms with Crippen molar-refractivity contribution in [1.29, 1.82) is 0 Å². The quantitative estimate of drug-likeness (QED) is 0.173. The van der Waals surface area contributed by atoms with E-state index in [0.717, 1.165) is 55.3 Å². The van der Waals surface area contributed by atoms with E-state index in [2.05, 4.69) is 160 Å². The van der Waals surface area contributed by atoms with Gasteiger partial charge in [-0.1, -0.05) is 174 Å². The van der Waals surface area contributed by atoms with Crippen LogP contribution in [-0.4, -0.2) is 0 Å². The Hall–Kier alpha value is -5.76. The summed E-state index contributed by atoms with van der Waals surface area (Å²) in [7, 11) is 0. The van der Waals surface area contributed by atoms with Gasteiger partial charge in [0.2, 0.25) is 0 Å². The fourth-order valence-electron chi connectivity index (χ4n) is 7.73. The Morgan fingerprint density at radius 1 is 0.620 bits per heavy atom. The molecule has 6 aromatic carbocycles. The van der Waals surface area contributed by atoms with Gasteiger partial charge in [0.15, 0.2) is 0 Å². The summed E-state index contributed by atoms with van der Waals surface area (Å²) in [5, 5.41) is 7.45. The van der Waals surface area contributed by atoms with Crippen LogP contribution in [0.1, 0.15) is 47.2 Å². The molecular weight excluding hydrogens is 621 g/mol. The van der Waals surface area contributed by atoms with Gasteiger partial charge in [-0.25, -0.2) is 0 Å². The van der Waals surface area contributed by atoms with Crippen LogP contribution in [0.3, 0.4) is 0 Å². The van der Waals surface area contributed by atoms with Gasteiger partial charge in [0.1, 0.15) is 0 Å². The smallest absolute Gasteiger partial charge is 0.0437 e. The lowest BCUT2D eigenvalue weighted by atomic mass is 9.80. The number of benzene rings is 5. The molecule has 50 heavy (non-hydrogen) atoms. The van der Waals surface area contributed by atoms with E-state index in [-0.39, 0.29) is 5.41 Å². The standard InChI is InChI=1S/C49H38S/c1-7-34-18-12-13-20-37(34)32(3)38-21-11-9-8-10-19-36(39-22-14-15-23-40(38)39)31(2)30-44-33(4)49(5,6)47-42(44)28-26-35-27-29-43-41-24-16-17-25-45(41)50-48(43)46(35)47/h7-30H,1-4H2,5-6H3/b9-8?,10-8?,11-9?,19-10?,21-11?,36-19?,38-21?,39-36?,40-38?,44-30+. The van der Waals surface area contributed by atoms with Crippen molar-refractivity contribution in [1.82, 2.24) is 0 Å². The second kappa shape index (κ2) is 12.3. The van der Waals surface area contributed by atoms with Crippen LogP contribution in [0.15, 0.2) is 171 Å². The van der Waals surface area contributed by atoms with E-state index in [9.17, 15) is 0 Å². The van der Waals surface area contributed by atoms with E-state index in [1.807, 2.05) is 23.5 Å². The van der Waals surface area contributed by atoms with Crippen molar-refractivity contribution < 1.29 is 0 Å². The first-order valence-corrected chi connectivity index (χ1v) is 17.9. The van der Waals surface area contributed by atoms with Gasteiger partial charge in [-0.05, 0) is 84.0 Å². The summed E-state index contributed by atoms with van der Waals surface area (Å²) in [5.41, 5.74) is 10.7. The summed E-state index contributed by atoms with van der Waals surface area (Å²) in [6.07, 6.45) is 4.16. The second-order valence-corrected chi connectivity index (χ2v) is 14.6. The van der Waals surface area contributed by atoms with E-state index in [4.69, 9.17) is 13.2 Å². The van der Waals surface area contributed by atoms with Crippen molar-refractivity contribution in [2.45, 2.75) is 19.3 Å². The van der Waals surface area contributed by atoms with Gasteiger partial charge < -0.3 is 0 Å². The minimum atomic E-state index is -0.259. The first kappa shape index (κ1) is 31.5. The Balaban J connectivity index is 1.35. The summed E-state index contributed by atoms with van der Waals surface area (Å²) in [4.78, 5) is 0. The number of hydrogen-bond donors (Lipinski definition) is 0. The third-order valence-corrected chi connectivity index (χ3v) is 11.6. The lowest BCUT2D eigenvalue weighted by Gasteiger charge is -2.23. The molecule has 0 radical (unpaired) electrons. The predicted molar refractivity (Wildman–Crippen MR) is 222 cm³/mol. The van der Waals surface area contributed by atoms with Gasteiger partial charge in [-0.3, -0.25) is 0 Å². The molecule has 7 aromatic rings. The Kier molecular flexibility index (Phi) is 7.74. The SMILES string of the molecule is C=Cc1ccccc1C(=C)c1ccccccc(C(=C)/C=C2\C(=C)C(C)(C)c3c2ccc2ccc4c5ccccc5sc4c32)c2ccccc12. The molecule has 0 saturated carbocycles. The molecule has 0 atom stereocenters. The van der Waals surface area contributed by atoms with Gasteiger partial charge in [0.25, 0.3) is 0 Å². The van der Waals surface area contributed by atoms with Crippen LogP contribution < -0.4 is 0 Å². The minimum Gasteiger partial charge on any atom is -0.135 e. The summed E-state index contributed by atoms with van der Waals surface area (Å²) >= 11 is 1.89. The molecule has 0 nitrogen and oxygen atoms in total. The molecule has 1 aliphatic carbocycles. The summed E-state index contributed by atoms with van der Waals surface area (Å²) in [6.45, 7) is 22.8. The van der Waals surface area contributed by atoms with Crippen molar-refractivity contribution in [2.75, 3.05) is 0 Å². The van der Waals surface area contributed by atoms with Crippen LogP contribution in [0.4, 0.5) is 0 Å². The third kappa shape index (κ3) is 4.97. The molecule has 1 aromatic heterocycles. The van der Waals surface area contributed by atoms with Crippen molar-refractivity contribution in [3.8, 4) is 0 Å². The van der Waals surface area contributed by atoms with Crippen LogP contribution in [0, 0.1) is 0 Å². The largest absolute Gasteiger partial charge is 0.135 e. The van der Waals surface area contributed by atoms with Crippen LogP contribution in [-0.2, 0) is 5.41 Å². The predicted octanol–water partition coefficient (Wildman–Crippen LogP) is 14.1. The van der Waals surface area contributed by atoms with E-state index in [0.29, 0.717) is 0 Å². The lowest BCUT2D eigenvalue weighted by molar-refractivity contribution is 0.669. The Morgan fingerprint density at radius 2 is 1.22 bits per heavy atom. The Bertz CT molecular complexity index is 2690. The Labute approximate surface area is 298 Å². The highest BCUT2D eigenvalue weighted by atomic mass is 32.1. The molecule has 0 unspecified atom stereocenters. The van der Waals surface area contributed by atoms with Gasteiger partial charge in [-0.15, -0.1) is 11.3 Å². The van der Waals surface area contributed by atoms with E-state index in [1.165, 1.54) is 42.1 Å². The number of allylic oxidation sites excluding steroid dienone is 4. The van der Waals surface area contributed by atoms with Gasteiger partial charge >= 0.3 is 0 Å². The Morgan fingerprint density at radius 3 is 1.98 bits per heavy atom. The molecule has 1 heteroatoms. The molecule has 0 fully saturated rings. The zero-order valence-electron chi connectivity index (χ0n) is 28.6. The topological polar surface area (TPSA) is 0 Å². The zero-order valence-corrected chi connectivity index (χ0v) is 29.4. The molecule has 240 valence electrons. The van der Waals surface area contributed by atoms with E-state index < -0.39 is 0 Å². The lowest BCUT2D eigenvalue weighted by Crippen LogP contribution is -2.14. The number of fused-ring (bicyclic) bond motifs is 8. The van der Waals surface area contributed by atoms with Crippen LogP contribution in [0.5, 0.6) is 0 Å². The van der Waals surface area contributed by atoms with E-state index >= 15 is 0 Å². The average Bonchev–Trinajstić information content (AvgIpc) is 3.61. The first-order valence-electron chi connectivity index (χ1n) is 17.0. The first-order chi connectivity index (χ1) is 24.3. The molecule has 0 amide bonds. The highest BCUT2D eigenvalue weighted by molar-refractivity contribution is 7.26. The van der Waals surface area contributed by atoms with Crippen LogP contribution in [0.2, 0.25) is 0 Å². The number of hydrogen-bond acceptors (Lipinski definition) is 1. The number of rotatable bonds is 5. The molecule has 0 spiro atoms.